The summed E-state index contributed by atoms with van der Waals surface area (Å²) in [6.45, 7) is 4.12. The van der Waals surface area contributed by atoms with Crippen LogP contribution in [0.15, 0.2) is 17.0 Å². The second-order valence-corrected chi connectivity index (χ2v) is 7.89. The van der Waals surface area contributed by atoms with Crippen LogP contribution in [0, 0.1) is 12.7 Å². The normalized spacial score (nSPS) is 22.3. The van der Waals surface area contributed by atoms with Gasteiger partial charge in [-0.3, -0.25) is 4.79 Å². The third-order valence-electron chi connectivity index (χ3n) is 3.38. The molecule has 1 N–H and O–H groups in total. The highest BCUT2D eigenvalue weighted by molar-refractivity contribution is 8.13. The molecule has 0 saturated carbocycles. The van der Waals surface area contributed by atoms with E-state index in [1.807, 2.05) is 6.92 Å². The van der Waals surface area contributed by atoms with Crippen LogP contribution in [0.2, 0.25) is 0 Å². The number of halogens is 2. The molecule has 0 bridgehead atoms. The Labute approximate surface area is 126 Å². The zero-order valence-electron chi connectivity index (χ0n) is 11.6. The van der Waals surface area contributed by atoms with Gasteiger partial charge < -0.3 is 10.1 Å². The summed E-state index contributed by atoms with van der Waals surface area (Å²) in [5.74, 6) is -1.44. The van der Waals surface area contributed by atoms with Gasteiger partial charge in [0.05, 0.1) is 12.1 Å². The van der Waals surface area contributed by atoms with Crippen molar-refractivity contribution in [2.24, 2.45) is 0 Å². The Morgan fingerprint density at radius 1 is 1.48 bits per heavy atom. The van der Waals surface area contributed by atoms with Crippen molar-refractivity contribution < 1.29 is 22.3 Å². The van der Waals surface area contributed by atoms with E-state index in [9.17, 15) is 17.6 Å². The predicted octanol–water partition coefficient (Wildman–Crippen LogP) is 1.97. The molecule has 1 heterocycles. The lowest BCUT2D eigenvalue weighted by Crippen LogP contribution is -2.46. The number of carbonyl (C=O) groups is 1. The summed E-state index contributed by atoms with van der Waals surface area (Å²) >= 11 is 0. The molecule has 0 spiro atoms. The van der Waals surface area contributed by atoms with Crippen molar-refractivity contribution in [2.75, 3.05) is 13.2 Å². The van der Waals surface area contributed by atoms with Crippen LogP contribution < -0.4 is 5.32 Å². The van der Waals surface area contributed by atoms with Crippen molar-refractivity contribution in [3.63, 3.8) is 0 Å². The molecule has 1 amide bonds. The van der Waals surface area contributed by atoms with E-state index in [0.29, 0.717) is 19.6 Å². The molecule has 1 unspecified atom stereocenters. The minimum Gasteiger partial charge on any atom is -0.379 e. The largest absolute Gasteiger partial charge is 0.379 e. The molecule has 1 aliphatic heterocycles. The Balaban J connectivity index is 2.36. The third kappa shape index (κ3) is 3.53. The summed E-state index contributed by atoms with van der Waals surface area (Å²) in [6, 6.07) is 2.23. The zero-order valence-corrected chi connectivity index (χ0v) is 13.1. The fraction of sp³-hybridized carbons (Fsp3) is 0.462. The average molecular weight is 336 g/mol. The molecule has 1 atom stereocenters. The Hall–Kier alpha value is -1.18. The van der Waals surface area contributed by atoms with Crippen molar-refractivity contribution in [3.8, 4) is 0 Å². The number of ether oxygens (including phenoxy) is 1. The van der Waals surface area contributed by atoms with Crippen LogP contribution in [0.1, 0.15) is 29.3 Å². The fourth-order valence-electron chi connectivity index (χ4n) is 2.16. The number of benzene rings is 1. The lowest BCUT2D eigenvalue weighted by atomic mass is 10.0. The first-order valence-electron chi connectivity index (χ1n) is 6.27. The highest BCUT2D eigenvalue weighted by atomic mass is 35.7. The van der Waals surface area contributed by atoms with Gasteiger partial charge in [-0.15, -0.1) is 0 Å². The van der Waals surface area contributed by atoms with E-state index < -0.39 is 31.2 Å². The van der Waals surface area contributed by atoms with E-state index in [4.69, 9.17) is 15.4 Å². The Morgan fingerprint density at radius 2 is 2.14 bits per heavy atom. The number of amides is 1. The number of aryl methyl sites for hydroxylation is 1. The second kappa shape index (κ2) is 5.55. The molecule has 116 valence electrons. The quantitative estimate of drug-likeness (QED) is 0.857. The number of nitrogens with one attached hydrogen (secondary N) is 1. The van der Waals surface area contributed by atoms with Gasteiger partial charge in [0, 0.05) is 22.9 Å². The smallest absolute Gasteiger partial charge is 0.264 e. The monoisotopic (exact) mass is 335 g/mol. The molecular formula is C13H15ClFNO4S. The molecule has 5 nitrogen and oxygen atoms in total. The third-order valence-corrected chi connectivity index (χ3v) is 4.70. The van der Waals surface area contributed by atoms with Crippen LogP contribution in [0.5, 0.6) is 0 Å². The van der Waals surface area contributed by atoms with Gasteiger partial charge in [0.25, 0.3) is 15.0 Å². The molecule has 0 aromatic heterocycles. The van der Waals surface area contributed by atoms with Crippen molar-refractivity contribution in [2.45, 2.75) is 30.7 Å². The van der Waals surface area contributed by atoms with Crippen LogP contribution >= 0.6 is 10.7 Å². The lowest BCUT2D eigenvalue weighted by Gasteiger charge is -2.23. The molecule has 0 aliphatic carbocycles. The first kappa shape index (κ1) is 16.2. The van der Waals surface area contributed by atoms with Crippen LogP contribution in [0.3, 0.4) is 0 Å². The van der Waals surface area contributed by atoms with Crippen LogP contribution in [0.25, 0.3) is 0 Å². The number of carbonyl (C=O) groups excluding carboxylic acids is 1. The van der Waals surface area contributed by atoms with Crippen LogP contribution in [0.4, 0.5) is 4.39 Å². The van der Waals surface area contributed by atoms with Crippen molar-refractivity contribution in [3.05, 3.63) is 29.1 Å². The van der Waals surface area contributed by atoms with Gasteiger partial charge in [-0.25, -0.2) is 12.8 Å². The lowest BCUT2D eigenvalue weighted by molar-refractivity contribution is 0.0889. The molecule has 21 heavy (non-hydrogen) atoms. The summed E-state index contributed by atoms with van der Waals surface area (Å²) in [5, 5.41) is 2.77. The van der Waals surface area contributed by atoms with E-state index in [1.165, 1.54) is 13.0 Å². The summed E-state index contributed by atoms with van der Waals surface area (Å²) in [6.07, 6.45) is 0.652. The van der Waals surface area contributed by atoms with Gasteiger partial charge in [0.15, 0.2) is 0 Å². The minimum atomic E-state index is -4.26. The second-order valence-electron chi connectivity index (χ2n) is 5.36. The standard InChI is InChI=1S/C13H15ClFNO4S/c1-8-5-9(6-10(11(8)15)21(14,18)19)12(17)16-13(2)3-4-20-7-13/h5-6H,3-4,7H2,1-2H3,(H,16,17). The maximum Gasteiger partial charge on any atom is 0.264 e. The summed E-state index contributed by atoms with van der Waals surface area (Å²) in [5.41, 5.74) is -0.435. The fourth-order valence-corrected chi connectivity index (χ4v) is 3.14. The van der Waals surface area contributed by atoms with Crippen molar-refractivity contribution in [1.29, 1.82) is 0 Å². The molecule has 0 radical (unpaired) electrons. The first-order valence-corrected chi connectivity index (χ1v) is 8.58. The SMILES string of the molecule is Cc1cc(C(=O)NC2(C)CCOC2)cc(S(=O)(=O)Cl)c1F. The summed E-state index contributed by atoms with van der Waals surface area (Å²) in [4.78, 5) is 11.5. The van der Waals surface area contributed by atoms with Gasteiger partial charge >= 0.3 is 0 Å². The van der Waals surface area contributed by atoms with E-state index >= 15 is 0 Å². The molecule has 1 aromatic rings. The number of hydrogen-bond donors (Lipinski definition) is 1. The predicted molar refractivity (Wildman–Crippen MR) is 75.5 cm³/mol. The maximum atomic E-state index is 13.8. The molecule has 1 saturated heterocycles. The minimum absolute atomic E-state index is 0.0368. The molecule has 1 aliphatic rings. The summed E-state index contributed by atoms with van der Waals surface area (Å²) < 4.78 is 41.8. The van der Waals surface area contributed by atoms with E-state index in [1.54, 1.807) is 0 Å². The van der Waals surface area contributed by atoms with E-state index in [0.717, 1.165) is 6.07 Å². The molecule has 2 rings (SSSR count). The molecule has 8 heteroatoms. The number of hydrogen-bond acceptors (Lipinski definition) is 4. The van der Waals surface area contributed by atoms with Crippen molar-refractivity contribution >= 4 is 25.6 Å². The van der Waals surface area contributed by atoms with Gasteiger partial charge in [-0.2, -0.15) is 0 Å². The van der Waals surface area contributed by atoms with E-state index in [-0.39, 0.29) is 11.1 Å². The van der Waals surface area contributed by atoms with Crippen molar-refractivity contribution in [1.82, 2.24) is 5.32 Å². The van der Waals surface area contributed by atoms with E-state index in [2.05, 4.69) is 5.32 Å². The number of rotatable bonds is 3. The highest BCUT2D eigenvalue weighted by Crippen LogP contribution is 2.24. The summed E-state index contributed by atoms with van der Waals surface area (Å²) in [7, 11) is 0.929. The van der Waals surface area contributed by atoms with Gasteiger partial charge in [0.2, 0.25) is 0 Å². The van der Waals surface area contributed by atoms with Gasteiger partial charge in [-0.1, -0.05) is 0 Å². The average Bonchev–Trinajstić information content (AvgIpc) is 2.77. The topological polar surface area (TPSA) is 72.5 Å². The Morgan fingerprint density at radius 3 is 2.67 bits per heavy atom. The Bertz CT molecular complexity index is 684. The zero-order chi connectivity index (χ0) is 15.8. The molecular weight excluding hydrogens is 321 g/mol. The maximum absolute atomic E-state index is 13.8. The molecule has 1 fully saturated rings. The molecule has 1 aromatic carbocycles. The van der Waals surface area contributed by atoms with Gasteiger partial charge in [0.1, 0.15) is 10.7 Å². The highest BCUT2D eigenvalue weighted by Gasteiger charge is 2.32. The van der Waals surface area contributed by atoms with Crippen LogP contribution in [-0.2, 0) is 13.8 Å². The van der Waals surface area contributed by atoms with Crippen LogP contribution in [-0.4, -0.2) is 33.1 Å². The van der Waals surface area contributed by atoms with Gasteiger partial charge in [-0.05, 0) is 38.0 Å². The Kier molecular flexibility index (Phi) is 4.28. The first-order chi connectivity index (χ1) is 9.62.